The first-order valence-corrected chi connectivity index (χ1v) is 7.00. The molecule has 0 aliphatic carbocycles. The maximum atomic E-state index is 11.8. The predicted octanol–water partition coefficient (Wildman–Crippen LogP) is 3.44. The van der Waals surface area contributed by atoms with Crippen LogP contribution in [0.4, 0.5) is 0 Å². The van der Waals surface area contributed by atoms with Gasteiger partial charge in [-0.25, -0.2) is 4.98 Å². The molecule has 2 aromatic heterocycles. The van der Waals surface area contributed by atoms with Gasteiger partial charge in [-0.15, -0.1) is 11.3 Å². The van der Waals surface area contributed by atoms with Crippen molar-refractivity contribution in [1.82, 2.24) is 9.97 Å². The molecule has 2 rings (SSSR count). The van der Waals surface area contributed by atoms with Crippen LogP contribution in [-0.4, -0.2) is 9.97 Å². The minimum atomic E-state index is -0.116. The van der Waals surface area contributed by atoms with Crippen molar-refractivity contribution < 1.29 is 0 Å². The molecule has 0 bridgehead atoms. The number of hydrogen-bond donors (Lipinski definition) is 1. The van der Waals surface area contributed by atoms with E-state index in [-0.39, 0.29) is 5.56 Å². The highest BCUT2D eigenvalue weighted by Crippen LogP contribution is 2.28. The van der Waals surface area contributed by atoms with E-state index >= 15 is 0 Å². The van der Waals surface area contributed by atoms with E-state index in [0.29, 0.717) is 10.3 Å². The summed E-state index contributed by atoms with van der Waals surface area (Å²) in [6, 6.07) is 2.06. The van der Waals surface area contributed by atoms with Crippen molar-refractivity contribution in [2.24, 2.45) is 0 Å². The van der Waals surface area contributed by atoms with Gasteiger partial charge < -0.3 is 4.98 Å². The van der Waals surface area contributed by atoms with Gasteiger partial charge in [0.15, 0.2) is 0 Å². The summed E-state index contributed by atoms with van der Waals surface area (Å²) in [5, 5.41) is 0. The van der Waals surface area contributed by atoms with Gasteiger partial charge in [-0.05, 0) is 42.3 Å². The third kappa shape index (κ3) is 2.35. The number of aromatic amines is 1. The van der Waals surface area contributed by atoms with E-state index in [1.54, 1.807) is 11.3 Å². The zero-order chi connectivity index (χ0) is 12.6. The third-order valence-electron chi connectivity index (χ3n) is 2.56. The molecule has 0 aromatic carbocycles. The van der Waals surface area contributed by atoms with Crippen LogP contribution >= 0.6 is 27.3 Å². The van der Waals surface area contributed by atoms with Gasteiger partial charge in [0.05, 0.1) is 5.69 Å². The summed E-state index contributed by atoms with van der Waals surface area (Å²) in [5.74, 6) is 0.664. The Bertz CT molecular complexity index is 615. The van der Waals surface area contributed by atoms with E-state index in [0.717, 1.165) is 17.7 Å². The highest BCUT2D eigenvalue weighted by molar-refractivity contribution is 9.10. The van der Waals surface area contributed by atoms with Crippen molar-refractivity contribution in [2.75, 3.05) is 0 Å². The zero-order valence-corrected chi connectivity index (χ0v) is 12.3. The fourth-order valence-corrected chi connectivity index (χ4v) is 3.13. The molecule has 17 heavy (non-hydrogen) atoms. The lowest BCUT2D eigenvalue weighted by molar-refractivity contribution is 0.970. The first-order valence-electron chi connectivity index (χ1n) is 5.39. The molecule has 0 atom stereocenters. The molecule has 0 fully saturated rings. The second-order valence-corrected chi connectivity index (χ2v) is 6.11. The van der Waals surface area contributed by atoms with Crippen molar-refractivity contribution in [3.63, 3.8) is 0 Å². The Hall–Kier alpha value is -0.940. The average molecular weight is 313 g/mol. The van der Waals surface area contributed by atoms with Gasteiger partial charge in [-0.2, -0.15) is 0 Å². The normalized spacial score (nSPS) is 10.8. The van der Waals surface area contributed by atoms with Crippen LogP contribution in [0.15, 0.2) is 15.3 Å². The standard InChI is InChI=1S/C12H13BrN2OS/c1-4-9-10(13)12(16)15-11(14-9)8-5-6(2)17-7(8)3/h5H,4H2,1-3H3,(H,14,15,16). The fourth-order valence-electron chi connectivity index (χ4n) is 1.73. The van der Waals surface area contributed by atoms with E-state index in [2.05, 4.69) is 38.9 Å². The van der Waals surface area contributed by atoms with Crippen molar-refractivity contribution in [3.05, 3.63) is 36.3 Å². The number of hydrogen-bond acceptors (Lipinski definition) is 3. The van der Waals surface area contributed by atoms with Crippen LogP contribution in [0.2, 0.25) is 0 Å². The van der Waals surface area contributed by atoms with Gasteiger partial charge in [-0.1, -0.05) is 6.92 Å². The maximum Gasteiger partial charge on any atom is 0.265 e. The topological polar surface area (TPSA) is 45.8 Å². The number of nitrogens with zero attached hydrogens (tertiary/aromatic N) is 1. The fraction of sp³-hybridized carbons (Fsp3) is 0.333. The van der Waals surface area contributed by atoms with Crippen molar-refractivity contribution in [3.8, 4) is 11.4 Å². The Morgan fingerprint density at radius 1 is 1.47 bits per heavy atom. The van der Waals surface area contributed by atoms with Crippen LogP contribution in [-0.2, 0) is 6.42 Å². The summed E-state index contributed by atoms with van der Waals surface area (Å²) in [6.45, 7) is 6.08. The molecular formula is C12H13BrN2OS. The quantitative estimate of drug-likeness (QED) is 0.923. The summed E-state index contributed by atoms with van der Waals surface area (Å²) < 4.78 is 0.536. The molecular weight excluding hydrogens is 300 g/mol. The minimum absolute atomic E-state index is 0.116. The number of thiophene rings is 1. The number of rotatable bonds is 2. The predicted molar refractivity (Wildman–Crippen MR) is 74.7 cm³/mol. The van der Waals surface area contributed by atoms with Gasteiger partial charge in [0.25, 0.3) is 5.56 Å². The lowest BCUT2D eigenvalue weighted by atomic mass is 10.2. The molecule has 0 radical (unpaired) electrons. The molecule has 1 N–H and O–H groups in total. The molecule has 2 heterocycles. The molecule has 0 unspecified atom stereocenters. The van der Waals surface area contributed by atoms with E-state index in [9.17, 15) is 4.79 Å². The summed E-state index contributed by atoms with van der Waals surface area (Å²) in [5.41, 5.74) is 1.70. The van der Waals surface area contributed by atoms with Crippen LogP contribution in [0.5, 0.6) is 0 Å². The van der Waals surface area contributed by atoms with Gasteiger partial charge >= 0.3 is 0 Å². The first kappa shape index (κ1) is 12.5. The van der Waals surface area contributed by atoms with Crippen molar-refractivity contribution >= 4 is 27.3 Å². The molecule has 2 aromatic rings. The van der Waals surface area contributed by atoms with Gasteiger partial charge in [0.1, 0.15) is 10.3 Å². The number of nitrogens with one attached hydrogen (secondary N) is 1. The third-order valence-corrected chi connectivity index (χ3v) is 4.35. The van der Waals surface area contributed by atoms with E-state index in [4.69, 9.17) is 0 Å². The summed E-state index contributed by atoms with van der Waals surface area (Å²) >= 11 is 4.98. The Morgan fingerprint density at radius 2 is 2.18 bits per heavy atom. The maximum absolute atomic E-state index is 11.8. The van der Waals surface area contributed by atoms with Crippen LogP contribution in [0, 0.1) is 13.8 Å². The lowest BCUT2D eigenvalue weighted by Crippen LogP contribution is -2.13. The first-order chi connectivity index (χ1) is 8.02. The Kier molecular flexibility index (Phi) is 3.49. The summed E-state index contributed by atoms with van der Waals surface area (Å²) in [4.78, 5) is 21.5. The Balaban J connectivity index is 2.65. The zero-order valence-electron chi connectivity index (χ0n) is 9.93. The smallest absolute Gasteiger partial charge is 0.265 e. The number of aromatic nitrogens is 2. The van der Waals surface area contributed by atoms with Gasteiger partial charge in [0, 0.05) is 15.3 Å². The highest BCUT2D eigenvalue weighted by Gasteiger charge is 2.12. The Labute approximate surface area is 112 Å². The molecule has 0 amide bonds. The van der Waals surface area contributed by atoms with Crippen LogP contribution in [0.1, 0.15) is 22.4 Å². The van der Waals surface area contributed by atoms with Gasteiger partial charge in [0.2, 0.25) is 0 Å². The number of aryl methyl sites for hydroxylation is 3. The Morgan fingerprint density at radius 3 is 2.71 bits per heavy atom. The van der Waals surface area contributed by atoms with Crippen molar-refractivity contribution in [1.29, 1.82) is 0 Å². The minimum Gasteiger partial charge on any atom is -0.306 e. The summed E-state index contributed by atoms with van der Waals surface area (Å²) in [7, 11) is 0. The largest absolute Gasteiger partial charge is 0.306 e. The molecule has 5 heteroatoms. The number of halogens is 1. The SMILES string of the molecule is CCc1nc(-c2cc(C)sc2C)[nH]c(=O)c1Br. The molecule has 0 aliphatic heterocycles. The monoisotopic (exact) mass is 312 g/mol. The lowest BCUT2D eigenvalue weighted by Gasteiger charge is -2.04. The van der Waals surface area contributed by atoms with E-state index in [1.165, 1.54) is 9.75 Å². The molecule has 90 valence electrons. The van der Waals surface area contributed by atoms with E-state index in [1.807, 2.05) is 13.8 Å². The second kappa shape index (κ2) is 4.74. The molecule has 0 saturated carbocycles. The molecule has 0 saturated heterocycles. The summed E-state index contributed by atoms with van der Waals surface area (Å²) in [6.07, 6.45) is 0.736. The van der Waals surface area contributed by atoms with Gasteiger partial charge in [-0.3, -0.25) is 4.79 Å². The molecule has 0 spiro atoms. The molecule has 3 nitrogen and oxygen atoms in total. The van der Waals surface area contributed by atoms with E-state index < -0.39 is 0 Å². The second-order valence-electron chi connectivity index (χ2n) is 3.86. The average Bonchev–Trinajstić information content (AvgIpc) is 2.61. The number of H-pyrrole nitrogens is 1. The van der Waals surface area contributed by atoms with Crippen molar-refractivity contribution in [2.45, 2.75) is 27.2 Å². The van der Waals surface area contributed by atoms with Crippen LogP contribution in [0.25, 0.3) is 11.4 Å². The van der Waals surface area contributed by atoms with Crippen LogP contribution < -0.4 is 5.56 Å². The molecule has 0 aliphatic rings. The highest BCUT2D eigenvalue weighted by atomic mass is 79.9. The van der Waals surface area contributed by atoms with Crippen LogP contribution in [0.3, 0.4) is 0 Å².